The molecular weight excluding hydrogens is 544 g/mol. The van der Waals surface area contributed by atoms with Gasteiger partial charge in [0, 0.05) is 11.4 Å². The van der Waals surface area contributed by atoms with Crippen molar-refractivity contribution in [2.24, 2.45) is 0 Å². The van der Waals surface area contributed by atoms with Gasteiger partial charge >= 0.3 is 0 Å². The Morgan fingerprint density at radius 2 is 0.773 bits per heavy atom. The Kier molecular flexibility index (Phi) is 13.8. The number of unbranched alkanes of at least 4 members (excludes halogenated alkanes) is 12. The number of nitrogens with two attached hydrogens (primary N) is 2. The molecule has 0 aliphatic heterocycles. The SMILES string of the molecule is CCCCCCCCCCCCCCCc1cc(Oc2ccc(N)cc2)ccc1Oc1ccc(Oc2ccc(N)cc2)cc1. The minimum Gasteiger partial charge on any atom is -0.457 e. The Balaban J connectivity index is 1.29. The van der Waals surface area contributed by atoms with E-state index in [-0.39, 0.29) is 0 Å². The van der Waals surface area contributed by atoms with E-state index in [1.54, 1.807) is 0 Å². The molecule has 0 aliphatic rings. The van der Waals surface area contributed by atoms with Crippen LogP contribution in [0.5, 0.6) is 34.5 Å². The van der Waals surface area contributed by atoms with Gasteiger partial charge in [0.1, 0.15) is 34.5 Å². The highest BCUT2D eigenvalue weighted by molar-refractivity contribution is 5.47. The van der Waals surface area contributed by atoms with Gasteiger partial charge in [-0.1, -0.05) is 84.0 Å². The Morgan fingerprint density at radius 3 is 1.25 bits per heavy atom. The molecule has 0 fully saturated rings. The number of hydrogen-bond donors (Lipinski definition) is 2. The summed E-state index contributed by atoms with van der Waals surface area (Å²) in [5.41, 5.74) is 14.2. The Labute approximate surface area is 264 Å². The second-order valence-electron chi connectivity index (χ2n) is 11.7. The quantitative estimate of drug-likeness (QED) is 0.0786. The van der Waals surface area contributed by atoms with Crippen LogP contribution >= 0.6 is 0 Å². The summed E-state index contributed by atoms with van der Waals surface area (Å²) in [5, 5.41) is 0. The first-order valence-corrected chi connectivity index (χ1v) is 16.6. The zero-order valence-corrected chi connectivity index (χ0v) is 26.4. The van der Waals surface area contributed by atoms with E-state index >= 15 is 0 Å². The number of nitrogen functional groups attached to an aromatic ring is 2. The minimum absolute atomic E-state index is 0.709. The molecule has 0 aromatic heterocycles. The third kappa shape index (κ3) is 11.9. The average molecular weight is 595 g/mol. The van der Waals surface area contributed by atoms with E-state index in [4.69, 9.17) is 25.7 Å². The maximum atomic E-state index is 6.37. The molecule has 44 heavy (non-hydrogen) atoms. The molecule has 234 valence electrons. The largest absolute Gasteiger partial charge is 0.457 e. The fourth-order valence-electron chi connectivity index (χ4n) is 5.29. The molecule has 5 heteroatoms. The summed E-state index contributed by atoms with van der Waals surface area (Å²) < 4.78 is 18.5. The lowest BCUT2D eigenvalue weighted by atomic mass is 10.0. The van der Waals surface area contributed by atoms with Crippen LogP contribution in [-0.4, -0.2) is 0 Å². The molecule has 0 spiro atoms. The van der Waals surface area contributed by atoms with Gasteiger partial charge in [-0.05, 0) is 109 Å². The van der Waals surface area contributed by atoms with Crippen LogP contribution in [0.4, 0.5) is 11.4 Å². The molecule has 0 unspecified atom stereocenters. The van der Waals surface area contributed by atoms with Gasteiger partial charge < -0.3 is 25.7 Å². The highest BCUT2D eigenvalue weighted by atomic mass is 16.5. The van der Waals surface area contributed by atoms with E-state index in [0.29, 0.717) is 11.4 Å². The van der Waals surface area contributed by atoms with E-state index in [2.05, 4.69) is 13.0 Å². The molecular formula is C39H50N2O3. The lowest BCUT2D eigenvalue weighted by Gasteiger charge is -2.14. The highest BCUT2D eigenvalue weighted by Crippen LogP contribution is 2.33. The Bertz CT molecular complexity index is 1350. The first-order chi connectivity index (χ1) is 21.6. The van der Waals surface area contributed by atoms with Crippen molar-refractivity contribution < 1.29 is 14.2 Å². The molecule has 0 saturated heterocycles. The standard InChI is InChI=1S/C39H50N2O3/c1-2-3-4-5-6-7-8-9-10-11-12-13-14-15-31-30-38(43-35-22-18-33(41)19-23-35)28-29-39(31)44-37-26-24-36(25-27-37)42-34-20-16-32(40)17-21-34/h16-30H,2-15,40-41H2,1H3. The average Bonchev–Trinajstić information content (AvgIpc) is 3.03. The number of anilines is 2. The van der Waals surface area contributed by atoms with E-state index in [0.717, 1.165) is 52.9 Å². The van der Waals surface area contributed by atoms with Gasteiger partial charge in [0.25, 0.3) is 0 Å². The monoisotopic (exact) mass is 594 g/mol. The zero-order valence-electron chi connectivity index (χ0n) is 26.4. The van der Waals surface area contributed by atoms with Gasteiger partial charge in [0.05, 0.1) is 0 Å². The van der Waals surface area contributed by atoms with Crippen molar-refractivity contribution in [1.82, 2.24) is 0 Å². The zero-order chi connectivity index (χ0) is 30.8. The molecule has 5 nitrogen and oxygen atoms in total. The van der Waals surface area contributed by atoms with E-state index in [1.165, 1.54) is 77.0 Å². The molecule has 0 atom stereocenters. The van der Waals surface area contributed by atoms with Crippen LogP contribution in [0.15, 0.2) is 91.0 Å². The van der Waals surface area contributed by atoms with Crippen LogP contribution in [0.25, 0.3) is 0 Å². The molecule has 4 aromatic carbocycles. The fraction of sp³-hybridized carbons (Fsp3) is 0.385. The smallest absolute Gasteiger partial charge is 0.130 e. The van der Waals surface area contributed by atoms with Gasteiger partial charge in [-0.2, -0.15) is 0 Å². The molecule has 0 bridgehead atoms. The fourth-order valence-corrected chi connectivity index (χ4v) is 5.29. The van der Waals surface area contributed by atoms with Crippen molar-refractivity contribution >= 4 is 11.4 Å². The Morgan fingerprint density at radius 1 is 0.409 bits per heavy atom. The van der Waals surface area contributed by atoms with Crippen molar-refractivity contribution in [3.63, 3.8) is 0 Å². The van der Waals surface area contributed by atoms with Crippen LogP contribution < -0.4 is 25.7 Å². The maximum absolute atomic E-state index is 6.37. The molecule has 0 heterocycles. The van der Waals surface area contributed by atoms with Crippen LogP contribution in [0, 0.1) is 0 Å². The van der Waals surface area contributed by atoms with Crippen molar-refractivity contribution in [3.05, 3.63) is 96.6 Å². The highest BCUT2D eigenvalue weighted by Gasteiger charge is 2.10. The minimum atomic E-state index is 0.709. The molecule has 0 aliphatic carbocycles. The van der Waals surface area contributed by atoms with Crippen LogP contribution in [0.2, 0.25) is 0 Å². The summed E-state index contributed by atoms with van der Waals surface area (Å²) in [5.74, 6) is 4.64. The van der Waals surface area contributed by atoms with Gasteiger partial charge in [-0.15, -0.1) is 0 Å². The van der Waals surface area contributed by atoms with Gasteiger partial charge in [0.15, 0.2) is 0 Å². The second-order valence-corrected chi connectivity index (χ2v) is 11.7. The molecule has 0 saturated carbocycles. The van der Waals surface area contributed by atoms with Crippen molar-refractivity contribution in [1.29, 1.82) is 0 Å². The first-order valence-electron chi connectivity index (χ1n) is 16.6. The predicted molar refractivity (Wildman–Crippen MR) is 184 cm³/mol. The van der Waals surface area contributed by atoms with E-state index in [9.17, 15) is 0 Å². The summed E-state index contributed by atoms with van der Waals surface area (Å²) >= 11 is 0. The first kappa shape index (κ1) is 32.8. The predicted octanol–water partition coefficient (Wildman–Crippen LogP) is 11.9. The van der Waals surface area contributed by atoms with E-state index < -0.39 is 0 Å². The summed E-state index contributed by atoms with van der Waals surface area (Å²) in [4.78, 5) is 0. The number of benzene rings is 4. The molecule has 0 amide bonds. The molecule has 4 aromatic rings. The van der Waals surface area contributed by atoms with Crippen molar-refractivity contribution in [2.75, 3.05) is 11.5 Å². The van der Waals surface area contributed by atoms with Crippen LogP contribution in [-0.2, 0) is 6.42 Å². The van der Waals surface area contributed by atoms with Crippen molar-refractivity contribution in [2.45, 2.75) is 96.8 Å². The van der Waals surface area contributed by atoms with Crippen molar-refractivity contribution in [3.8, 4) is 34.5 Å². The normalized spacial score (nSPS) is 10.9. The lowest BCUT2D eigenvalue weighted by molar-refractivity contribution is 0.458. The number of ether oxygens (including phenoxy) is 3. The lowest BCUT2D eigenvalue weighted by Crippen LogP contribution is -1.95. The summed E-state index contributed by atoms with van der Waals surface area (Å²) in [6.07, 6.45) is 18.3. The number of hydrogen-bond acceptors (Lipinski definition) is 5. The van der Waals surface area contributed by atoms with Crippen LogP contribution in [0.3, 0.4) is 0 Å². The topological polar surface area (TPSA) is 79.7 Å². The molecule has 4 rings (SSSR count). The Hall–Kier alpha value is -4.12. The summed E-state index contributed by atoms with van der Waals surface area (Å²) in [6.45, 7) is 2.28. The number of aryl methyl sites for hydroxylation is 1. The number of rotatable bonds is 20. The second kappa shape index (κ2) is 18.5. The summed E-state index contributed by atoms with van der Waals surface area (Å²) in [6, 6.07) is 28.6. The third-order valence-electron chi connectivity index (χ3n) is 7.86. The molecule has 4 N–H and O–H groups in total. The van der Waals surface area contributed by atoms with Crippen LogP contribution in [0.1, 0.15) is 96.0 Å². The van der Waals surface area contributed by atoms with Gasteiger partial charge in [0.2, 0.25) is 0 Å². The van der Waals surface area contributed by atoms with E-state index in [1.807, 2.05) is 84.9 Å². The third-order valence-corrected chi connectivity index (χ3v) is 7.86. The summed E-state index contributed by atoms with van der Waals surface area (Å²) in [7, 11) is 0. The molecule has 0 radical (unpaired) electrons. The van der Waals surface area contributed by atoms with Gasteiger partial charge in [-0.25, -0.2) is 0 Å². The van der Waals surface area contributed by atoms with Gasteiger partial charge in [-0.3, -0.25) is 0 Å². The maximum Gasteiger partial charge on any atom is 0.130 e.